The van der Waals surface area contributed by atoms with E-state index in [1.807, 2.05) is 0 Å². The maximum atomic E-state index is 11.7. The third-order valence-electron chi connectivity index (χ3n) is 3.46. The van der Waals surface area contributed by atoms with E-state index in [-0.39, 0.29) is 18.0 Å². The normalized spacial score (nSPS) is 11.4. The lowest BCUT2D eigenvalue weighted by molar-refractivity contribution is -0.137. The van der Waals surface area contributed by atoms with Crippen LogP contribution in [0.2, 0.25) is 0 Å². The number of urea groups is 1. The highest BCUT2D eigenvalue weighted by molar-refractivity contribution is 5.88. The van der Waals surface area contributed by atoms with Crippen LogP contribution in [0.5, 0.6) is 0 Å². The van der Waals surface area contributed by atoms with Crippen LogP contribution in [0.25, 0.3) is 0 Å². The number of amides is 2. The molecule has 3 N–H and O–H groups in total. The van der Waals surface area contributed by atoms with Crippen LogP contribution in [0.3, 0.4) is 0 Å². The van der Waals surface area contributed by atoms with Crippen molar-refractivity contribution in [2.45, 2.75) is 34.2 Å². The van der Waals surface area contributed by atoms with Crippen molar-refractivity contribution in [1.82, 2.24) is 15.1 Å². The third-order valence-corrected chi connectivity index (χ3v) is 3.46. The molecule has 0 radical (unpaired) electrons. The SMILES string of the molecule is CC(C)C(C)(C)CNC(=O)Nc1cnn(CC(=O)O)c1. The summed E-state index contributed by atoms with van der Waals surface area (Å²) in [6.45, 7) is 8.71. The Labute approximate surface area is 118 Å². The molecule has 1 aromatic heterocycles. The molecule has 0 bridgehead atoms. The van der Waals surface area contributed by atoms with Crippen LogP contribution in [0.15, 0.2) is 12.4 Å². The zero-order valence-electron chi connectivity index (χ0n) is 12.3. The van der Waals surface area contributed by atoms with Crippen molar-refractivity contribution in [1.29, 1.82) is 0 Å². The summed E-state index contributed by atoms with van der Waals surface area (Å²) in [4.78, 5) is 22.3. The zero-order valence-corrected chi connectivity index (χ0v) is 12.3. The minimum atomic E-state index is -0.984. The van der Waals surface area contributed by atoms with Crippen LogP contribution >= 0.6 is 0 Å². The second-order valence-corrected chi connectivity index (χ2v) is 5.77. The molecule has 1 rings (SSSR count). The van der Waals surface area contributed by atoms with E-state index in [4.69, 9.17) is 5.11 Å². The Balaban J connectivity index is 2.46. The largest absolute Gasteiger partial charge is 0.480 e. The summed E-state index contributed by atoms with van der Waals surface area (Å²) >= 11 is 0. The number of anilines is 1. The van der Waals surface area contributed by atoms with Crippen molar-refractivity contribution in [2.75, 3.05) is 11.9 Å². The number of nitrogens with zero attached hydrogens (tertiary/aromatic N) is 2. The van der Waals surface area contributed by atoms with Crippen LogP contribution in [-0.2, 0) is 11.3 Å². The molecule has 1 aromatic rings. The average Bonchev–Trinajstić information content (AvgIpc) is 2.73. The molecule has 7 nitrogen and oxygen atoms in total. The van der Waals surface area contributed by atoms with Gasteiger partial charge in [-0.15, -0.1) is 0 Å². The van der Waals surface area contributed by atoms with E-state index >= 15 is 0 Å². The van der Waals surface area contributed by atoms with Crippen molar-refractivity contribution in [3.63, 3.8) is 0 Å². The standard InChI is InChI=1S/C13H22N4O3/c1-9(2)13(3,4)8-14-12(20)16-10-5-15-17(6-10)7-11(18)19/h5-6,9H,7-8H2,1-4H3,(H,18,19)(H2,14,16,20). The second kappa shape index (κ2) is 6.40. The molecular weight excluding hydrogens is 260 g/mol. The highest BCUT2D eigenvalue weighted by atomic mass is 16.4. The van der Waals surface area contributed by atoms with Crippen LogP contribution in [0.1, 0.15) is 27.7 Å². The van der Waals surface area contributed by atoms with Gasteiger partial charge in [-0.25, -0.2) is 4.79 Å². The molecule has 0 atom stereocenters. The van der Waals surface area contributed by atoms with E-state index in [2.05, 4.69) is 43.4 Å². The Hall–Kier alpha value is -2.05. The minimum Gasteiger partial charge on any atom is -0.480 e. The predicted octanol–water partition coefficient (Wildman–Crippen LogP) is 1.77. The van der Waals surface area contributed by atoms with E-state index in [1.165, 1.54) is 17.1 Å². The summed E-state index contributed by atoms with van der Waals surface area (Å²) < 4.78 is 1.25. The number of carboxylic acids is 1. The lowest BCUT2D eigenvalue weighted by Gasteiger charge is -2.29. The van der Waals surface area contributed by atoms with Gasteiger partial charge in [-0.3, -0.25) is 9.48 Å². The van der Waals surface area contributed by atoms with E-state index in [1.54, 1.807) is 0 Å². The molecule has 0 aliphatic rings. The summed E-state index contributed by atoms with van der Waals surface area (Å²) in [6.07, 6.45) is 2.89. The molecule has 0 aliphatic carbocycles. The van der Waals surface area contributed by atoms with Crippen molar-refractivity contribution in [3.05, 3.63) is 12.4 Å². The molecule has 2 amide bonds. The molecule has 0 saturated carbocycles. The van der Waals surface area contributed by atoms with E-state index < -0.39 is 5.97 Å². The number of hydrogen-bond donors (Lipinski definition) is 3. The lowest BCUT2D eigenvalue weighted by atomic mass is 9.81. The first kappa shape index (κ1) is 16.0. The molecule has 0 unspecified atom stereocenters. The third kappa shape index (κ3) is 4.91. The fourth-order valence-electron chi connectivity index (χ4n) is 1.34. The van der Waals surface area contributed by atoms with Crippen molar-refractivity contribution in [3.8, 4) is 0 Å². The molecule has 0 saturated heterocycles. The maximum Gasteiger partial charge on any atom is 0.325 e. The van der Waals surface area contributed by atoms with E-state index in [9.17, 15) is 9.59 Å². The number of aliphatic carboxylic acids is 1. The Morgan fingerprint density at radius 2 is 2.10 bits per heavy atom. The van der Waals surface area contributed by atoms with Gasteiger partial charge in [0.15, 0.2) is 0 Å². The fourth-order valence-corrected chi connectivity index (χ4v) is 1.34. The summed E-state index contributed by atoms with van der Waals surface area (Å²) in [7, 11) is 0. The monoisotopic (exact) mass is 282 g/mol. The van der Waals surface area contributed by atoms with Gasteiger partial charge in [0.25, 0.3) is 0 Å². The molecule has 0 spiro atoms. The Kier molecular flexibility index (Phi) is 5.12. The topological polar surface area (TPSA) is 96.3 Å². The number of carboxylic acid groups (broad SMARTS) is 1. The fraction of sp³-hybridized carbons (Fsp3) is 0.615. The Morgan fingerprint density at radius 3 is 2.65 bits per heavy atom. The molecule has 7 heteroatoms. The lowest BCUT2D eigenvalue weighted by Crippen LogP contribution is -2.39. The van der Waals surface area contributed by atoms with Crippen LogP contribution in [0, 0.1) is 11.3 Å². The van der Waals surface area contributed by atoms with E-state index in [0.717, 1.165) is 0 Å². The van der Waals surface area contributed by atoms with Crippen molar-refractivity contribution in [2.24, 2.45) is 11.3 Å². The second-order valence-electron chi connectivity index (χ2n) is 5.77. The summed E-state index contributed by atoms with van der Waals surface area (Å²) in [5.74, 6) is -0.538. The average molecular weight is 282 g/mol. The van der Waals surface area contributed by atoms with Gasteiger partial charge in [0, 0.05) is 12.7 Å². The molecule has 1 heterocycles. The van der Waals surface area contributed by atoms with Crippen LogP contribution in [-0.4, -0.2) is 33.4 Å². The molecule has 0 aliphatic heterocycles. The van der Waals surface area contributed by atoms with E-state index in [0.29, 0.717) is 18.2 Å². The minimum absolute atomic E-state index is 0.00479. The van der Waals surface area contributed by atoms with Gasteiger partial charge in [-0.1, -0.05) is 27.7 Å². The van der Waals surface area contributed by atoms with Gasteiger partial charge in [-0.2, -0.15) is 5.10 Å². The molecule has 0 fully saturated rings. The van der Waals surface area contributed by atoms with Crippen LogP contribution in [0.4, 0.5) is 10.5 Å². The maximum absolute atomic E-state index is 11.7. The number of carbonyl (C=O) groups is 2. The Bertz CT molecular complexity index is 480. The summed E-state index contributed by atoms with van der Waals surface area (Å²) in [6, 6.07) is -0.325. The van der Waals surface area contributed by atoms with Crippen molar-refractivity contribution >= 4 is 17.7 Å². The number of hydrogen-bond acceptors (Lipinski definition) is 3. The highest BCUT2D eigenvalue weighted by Gasteiger charge is 2.22. The molecule has 0 aromatic carbocycles. The van der Waals surface area contributed by atoms with Gasteiger partial charge < -0.3 is 15.7 Å². The predicted molar refractivity (Wildman–Crippen MR) is 75.5 cm³/mol. The molecule has 20 heavy (non-hydrogen) atoms. The zero-order chi connectivity index (χ0) is 15.3. The number of rotatable bonds is 6. The van der Waals surface area contributed by atoms with Gasteiger partial charge in [0.1, 0.15) is 6.54 Å². The first-order valence-electron chi connectivity index (χ1n) is 6.50. The quantitative estimate of drug-likeness (QED) is 0.741. The first-order valence-corrected chi connectivity index (χ1v) is 6.50. The Morgan fingerprint density at radius 1 is 1.45 bits per heavy atom. The molecular formula is C13H22N4O3. The van der Waals surface area contributed by atoms with Crippen LogP contribution < -0.4 is 10.6 Å². The number of carbonyl (C=O) groups excluding carboxylic acids is 1. The smallest absolute Gasteiger partial charge is 0.325 e. The van der Waals surface area contributed by atoms with Gasteiger partial charge in [-0.05, 0) is 11.3 Å². The van der Waals surface area contributed by atoms with Gasteiger partial charge >= 0.3 is 12.0 Å². The number of nitrogens with one attached hydrogen (secondary N) is 2. The highest BCUT2D eigenvalue weighted by Crippen LogP contribution is 2.24. The summed E-state index contributed by atoms with van der Waals surface area (Å²) in [5, 5.41) is 17.9. The number of aromatic nitrogens is 2. The summed E-state index contributed by atoms with van der Waals surface area (Å²) in [5.41, 5.74) is 0.469. The van der Waals surface area contributed by atoms with Gasteiger partial charge in [0.05, 0.1) is 11.9 Å². The molecule has 112 valence electrons. The first-order chi connectivity index (χ1) is 9.20. The van der Waals surface area contributed by atoms with Crippen molar-refractivity contribution < 1.29 is 14.7 Å². The van der Waals surface area contributed by atoms with Gasteiger partial charge in [0.2, 0.25) is 0 Å².